The Kier molecular flexibility index (Phi) is 5.00. The Balaban J connectivity index is 2.09. The van der Waals surface area contributed by atoms with E-state index in [4.69, 9.17) is 4.43 Å². The highest BCUT2D eigenvalue weighted by Crippen LogP contribution is 2.37. The Hall–Kier alpha value is -1.12. The molecule has 108 valence electrons. The molecule has 1 aliphatic carbocycles. The smallest absolute Gasteiger partial charge is 0.184 e. The second-order valence-corrected chi connectivity index (χ2v) is 11.1. The van der Waals surface area contributed by atoms with E-state index in [0.29, 0.717) is 17.9 Å². The van der Waals surface area contributed by atoms with Crippen molar-refractivity contribution < 1.29 is 4.43 Å². The molecule has 2 rings (SSSR count). The van der Waals surface area contributed by atoms with Gasteiger partial charge in [-0.15, -0.1) is 6.58 Å². The van der Waals surface area contributed by atoms with Crippen LogP contribution in [0.2, 0.25) is 19.6 Å². The maximum Gasteiger partial charge on any atom is 0.184 e. The van der Waals surface area contributed by atoms with Crippen LogP contribution < -0.4 is 0 Å². The molecule has 1 nitrogen and oxygen atoms in total. The van der Waals surface area contributed by atoms with Crippen LogP contribution in [0.15, 0.2) is 49.1 Å². The molecule has 0 N–H and O–H groups in total. The molecule has 0 spiro atoms. The first-order valence-electron chi connectivity index (χ1n) is 7.53. The molecule has 20 heavy (non-hydrogen) atoms. The van der Waals surface area contributed by atoms with Gasteiger partial charge in [0.1, 0.15) is 0 Å². The molecule has 0 unspecified atom stereocenters. The summed E-state index contributed by atoms with van der Waals surface area (Å²) in [5.74, 6) is 1.03. The van der Waals surface area contributed by atoms with Crippen LogP contribution in [0.5, 0.6) is 0 Å². The van der Waals surface area contributed by atoms with Crippen LogP contribution >= 0.6 is 0 Å². The van der Waals surface area contributed by atoms with E-state index in [1.165, 1.54) is 18.4 Å². The first-order chi connectivity index (χ1) is 9.49. The van der Waals surface area contributed by atoms with E-state index < -0.39 is 8.32 Å². The predicted molar refractivity (Wildman–Crippen MR) is 90.1 cm³/mol. The minimum atomic E-state index is -1.51. The number of rotatable bonds is 5. The average molecular weight is 286 g/mol. The van der Waals surface area contributed by atoms with Gasteiger partial charge >= 0.3 is 0 Å². The van der Waals surface area contributed by atoms with Gasteiger partial charge < -0.3 is 4.43 Å². The summed E-state index contributed by atoms with van der Waals surface area (Å²) in [6, 6.07) is 10.5. The molecule has 2 heteroatoms. The maximum atomic E-state index is 6.42. The third-order valence-corrected chi connectivity index (χ3v) is 4.78. The van der Waals surface area contributed by atoms with Gasteiger partial charge in [0.05, 0.1) is 6.10 Å². The topological polar surface area (TPSA) is 9.23 Å². The molecule has 0 bridgehead atoms. The standard InChI is InChI=1S/C18H26OSi/c1-5-16-13-14-17(18(16)19-20(2,3)4)12-11-15-9-7-6-8-10-15/h5-12,16-18H,1,13-14H2,2-4H3/b12-11+/t16-,17+,18-/m0/s1. The fourth-order valence-corrected chi connectivity index (χ4v) is 4.04. The Morgan fingerprint density at radius 3 is 2.35 bits per heavy atom. The lowest BCUT2D eigenvalue weighted by Gasteiger charge is -2.29. The number of benzene rings is 1. The summed E-state index contributed by atoms with van der Waals surface area (Å²) in [6.07, 6.45) is 9.37. The Labute approximate surface area is 124 Å². The molecule has 1 fully saturated rings. The molecule has 1 saturated carbocycles. The summed E-state index contributed by atoms with van der Waals surface area (Å²) in [5, 5.41) is 0. The second-order valence-electron chi connectivity index (χ2n) is 6.61. The summed E-state index contributed by atoms with van der Waals surface area (Å²) >= 11 is 0. The van der Waals surface area contributed by atoms with Crippen LogP contribution in [0.4, 0.5) is 0 Å². The van der Waals surface area contributed by atoms with Crippen molar-refractivity contribution in [3.05, 3.63) is 54.6 Å². The van der Waals surface area contributed by atoms with E-state index in [2.05, 4.69) is 74.8 Å². The lowest BCUT2D eigenvalue weighted by molar-refractivity contribution is 0.145. The summed E-state index contributed by atoms with van der Waals surface area (Å²) in [5.41, 5.74) is 1.27. The molecule has 1 aliphatic rings. The van der Waals surface area contributed by atoms with Crippen molar-refractivity contribution in [3.8, 4) is 0 Å². The van der Waals surface area contributed by atoms with Crippen LogP contribution in [0.25, 0.3) is 6.08 Å². The van der Waals surface area contributed by atoms with Crippen molar-refractivity contribution in [3.63, 3.8) is 0 Å². The third kappa shape index (κ3) is 4.19. The van der Waals surface area contributed by atoms with Crippen LogP contribution in [0.1, 0.15) is 18.4 Å². The zero-order valence-electron chi connectivity index (χ0n) is 12.9. The monoisotopic (exact) mass is 286 g/mol. The molecular weight excluding hydrogens is 260 g/mol. The van der Waals surface area contributed by atoms with E-state index in [-0.39, 0.29) is 0 Å². The van der Waals surface area contributed by atoms with Crippen molar-refractivity contribution in [2.45, 2.75) is 38.6 Å². The van der Waals surface area contributed by atoms with E-state index in [1.54, 1.807) is 0 Å². The molecule has 0 aliphatic heterocycles. The number of hydrogen-bond donors (Lipinski definition) is 0. The normalized spacial score (nSPS) is 27.1. The summed E-state index contributed by atoms with van der Waals surface area (Å²) in [6.45, 7) is 10.8. The minimum absolute atomic E-state index is 0.319. The highest BCUT2D eigenvalue weighted by molar-refractivity contribution is 6.69. The number of hydrogen-bond acceptors (Lipinski definition) is 1. The first kappa shape index (κ1) is 15.3. The first-order valence-corrected chi connectivity index (χ1v) is 10.9. The Morgan fingerprint density at radius 1 is 1.10 bits per heavy atom. The molecule has 0 saturated heterocycles. The second kappa shape index (κ2) is 6.55. The molecule has 1 aromatic rings. The lowest BCUT2D eigenvalue weighted by Crippen LogP contribution is -2.36. The van der Waals surface area contributed by atoms with Crippen molar-refractivity contribution in [2.75, 3.05) is 0 Å². The Bertz CT molecular complexity index is 458. The molecule has 1 aromatic carbocycles. The SMILES string of the molecule is C=C[C@H]1CC[C@@H](/C=C/c2ccccc2)[C@H]1O[Si](C)(C)C. The lowest BCUT2D eigenvalue weighted by atomic mass is 10.00. The van der Waals surface area contributed by atoms with Gasteiger partial charge in [-0.25, -0.2) is 0 Å². The van der Waals surface area contributed by atoms with Gasteiger partial charge in [0.15, 0.2) is 8.32 Å². The van der Waals surface area contributed by atoms with Crippen molar-refractivity contribution >= 4 is 14.4 Å². The van der Waals surface area contributed by atoms with E-state index >= 15 is 0 Å². The van der Waals surface area contributed by atoms with Gasteiger partial charge in [0.25, 0.3) is 0 Å². The highest BCUT2D eigenvalue weighted by Gasteiger charge is 2.36. The van der Waals surface area contributed by atoms with E-state index in [9.17, 15) is 0 Å². The summed E-state index contributed by atoms with van der Waals surface area (Å²) in [7, 11) is -1.51. The fraction of sp³-hybridized carbons (Fsp3) is 0.444. The Morgan fingerprint density at radius 2 is 1.75 bits per heavy atom. The van der Waals surface area contributed by atoms with E-state index in [0.717, 1.165) is 0 Å². The average Bonchev–Trinajstić information content (AvgIpc) is 2.77. The van der Waals surface area contributed by atoms with Gasteiger partial charge in [-0.2, -0.15) is 0 Å². The molecule has 3 atom stereocenters. The molecule has 0 heterocycles. The predicted octanol–water partition coefficient (Wildman–Crippen LogP) is 5.13. The van der Waals surface area contributed by atoms with Gasteiger partial charge in [0, 0.05) is 11.8 Å². The van der Waals surface area contributed by atoms with Crippen molar-refractivity contribution in [2.24, 2.45) is 11.8 Å². The van der Waals surface area contributed by atoms with Crippen LogP contribution in [-0.2, 0) is 4.43 Å². The van der Waals surface area contributed by atoms with E-state index in [1.807, 2.05) is 0 Å². The van der Waals surface area contributed by atoms with Crippen LogP contribution in [-0.4, -0.2) is 14.4 Å². The summed E-state index contributed by atoms with van der Waals surface area (Å²) in [4.78, 5) is 0. The third-order valence-electron chi connectivity index (χ3n) is 3.81. The van der Waals surface area contributed by atoms with Gasteiger partial charge in [-0.1, -0.05) is 48.6 Å². The van der Waals surface area contributed by atoms with Crippen molar-refractivity contribution in [1.29, 1.82) is 0 Å². The van der Waals surface area contributed by atoms with Gasteiger partial charge in [0.2, 0.25) is 0 Å². The zero-order valence-corrected chi connectivity index (χ0v) is 13.9. The quantitative estimate of drug-likeness (QED) is 0.538. The summed E-state index contributed by atoms with van der Waals surface area (Å²) < 4.78 is 6.42. The van der Waals surface area contributed by atoms with Gasteiger partial charge in [-0.05, 0) is 38.0 Å². The highest BCUT2D eigenvalue weighted by atomic mass is 28.4. The van der Waals surface area contributed by atoms with Crippen LogP contribution in [0.3, 0.4) is 0 Å². The van der Waals surface area contributed by atoms with Gasteiger partial charge in [-0.3, -0.25) is 0 Å². The molecule has 0 radical (unpaired) electrons. The minimum Gasteiger partial charge on any atom is -0.414 e. The zero-order chi connectivity index (χ0) is 14.6. The molecule has 0 aromatic heterocycles. The molecule has 0 amide bonds. The van der Waals surface area contributed by atoms with Crippen LogP contribution in [0, 0.1) is 11.8 Å². The maximum absolute atomic E-state index is 6.42. The van der Waals surface area contributed by atoms with Crippen molar-refractivity contribution in [1.82, 2.24) is 0 Å². The fourth-order valence-electron chi connectivity index (χ4n) is 2.87. The largest absolute Gasteiger partial charge is 0.414 e. The molecular formula is C18H26OSi.